The lowest BCUT2D eigenvalue weighted by molar-refractivity contribution is -0.210. The van der Waals surface area contributed by atoms with E-state index in [1.165, 1.54) is 17.8 Å². The maximum absolute atomic E-state index is 13.8. The molecule has 0 amide bonds. The van der Waals surface area contributed by atoms with Crippen molar-refractivity contribution in [3.63, 3.8) is 0 Å². The predicted octanol–water partition coefficient (Wildman–Crippen LogP) is 2.59. The van der Waals surface area contributed by atoms with Gasteiger partial charge >= 0.3 is 0 Å². The lowest BCUT2D eigenvalue weighted by atomic mass is 9.78. The number of alkyl halides is 2. The van der Waals surface area contributed by atoms with Gasteiger partial charge in [0, 0.05) is 0 Å². The first-order valence-corrected chi connectivity index (χ1v) is 7.06. The number of rotatable bonds is 0. The fourth-order valence-electron chi connectivity index (χ4n) is 2.94. The van der Waals surface area contributed by atoms with Crippen molar-refractivity contribution in [1.82, 2.24) is 5.32 Å². The highest BCUT2D eigenvalue weighted by molar-refractivity contribution is 8.05. The molecule has 17 heavy (non-hydrogen) atoms. The van der Waals surface area contributed by atoms with Crippen molar-refractivity contribution < 1.29 is 13.5 Å². The van der Waals surface area contributed by atoms with Crippen molar-refractivity contribution in [2.24, 2.45) is 5.92 Å². The van der Waals surface area contributed by atoms with E-state index in [0.717, 1.165) is 25.9 Å². The van der Waals surface area contributed by atoms with E-state index in [-0.39, 0.29) is 5.25 Å². The van der Waals surface area contributed by atoms with Crippen LogP contribution in [0.5, 0.6) is 0 Å². The Labute approximate surface area is 108 Å². The van der Waals surface area contributed by atoms with Crippen LogP contribution in [0.1, 0.15) is 12.8 Å². The average molecular weight is 282 g/mol. The van der Waals surface area contributed by atoms with Crippen LogP contribution >= 0.6 is 23.4 Å². The van der Waals surface area contributed by atoms with Gasteiger partial charge in [0.1, 0.15) is 6.61 Å². The van der Waals surface area contributed by atoms with Gasteiger partial charge in [0.25, 0.3) is 5.92 Å². The molecule has 0 aliphatic carbocycles. The van der Waals surface area contributed by atoms with Crippen molar-refractivity contribution >= 4 is 23.4 Å². The Morgan fingerprint density at radius 2 is 2.12 bits per heavy atom. The number of fused-ring (bicyclic) bond motifs is 2. The molecule has 2 nitrogen and oxygen atoms in total. The normalized spacial score (nSPS) is 38.9. The van der Waals surface area contributed by atoms with Gasteiger partial charge in [-0.1, -0.05) is 11.6 Å². The Morgan fingerprint density at radius 3 is 2.82 bits per heavy atom. The van der Waals surface area contributed by atoms with E-state index in [9.17, 15) is 8.78 Å². The average Bonchev–Trinajstić information content (AvgIpc) is 2.71. The lowest BCUT2D eigenvalue weighted by Crippen LogP contribution is -2.60. The summed E-state index contributed by atoms with van der Waals surface area (Å²) in [6.45, 7) is 1.18. The molecule has 3 rings (SSSR count). The Hall–Kier alpha value is 0.160. The van der Waals surface area contributed by atoms with E-state index < -0.39 is 24.0 Å². The molecule has 6 heteroatoms. The standard InChI is InChI=1S/C11H14ClF2NOS/c12-8-5-7-9(17-8)10(1-3-15-4-2-10)16-6-11(7,13)14/h5,7,9,15H,1-4,6H2. The summed E-state index contributed by atoms with van der Waals surface area (Å²) in [7, 11) is 0. The summed E-state index contributed by atoms with van der Waals surface area (Å²) < 4.78 is 33.7. The highest BCUT2D eigenvalue weighted by Crippen LogP contribution is 2.55. The van der Waals surface area contributed by atoms with Gasteiger partial charge in [0.2, 0.25) is 0 Å². The van der Waals surface area contributed by atoms with Gasteiger partial charge < -0.3 is 10.1 Å². The van der Waals surface area contributed by atoms with Gasteiger partial charge in [-0.05, 0) is 32.0 Å². The van der Waals surface area contributed by atoms with Crippen molar-refractivity contribution in [2.75, 3.05) is 19.7 Å². The second-order valence-corrected chi connectivity index (χ2v) is 6.71. The molecule has 0 aromatic heterocycles. The van der Waals surface area contributed by atoms with Gasteiger partial charge in [0.15, 0.2) is 0 Å². The molecule has 2 unspecified atom stereocenters. The van der Waals surface area contributed by atoms with Gasteiger partial charge in [-0.2, -0.15) is 0 Å². The maximum Gasteiger partial charge on any atom is 0.278 e. The fraction of sp³-hybridized carbons (Fsp3) is 0.818. The molecule has 3 aliphatic heterocycles. The molecule has 2 atom stereocenters. The quantitative estimate of drug-likeness (QED) is 0.737. The number of thioether (sulfide) groups is 1. The number of ether oxygens (including phenoxy) is 1. The van der Waals surface area contributed by atoms with E-state index >= 15 is 0 Å². The molecule has 3 aliphatic rings. The van der Waals surface area contributed by atoms with Gasteiger partial charge in [-0.25, -0.2) is 8.78 Å². The van der Waals surface area contributed by atoms with Crippen LogP contribution in [0.2, 0.25) is 0 Å². The third kappa shape index (κ3) is 1.91. The summed E-state index contributed by atoms with van der Waals surface area (Å²) in [6, 6.07) is 0. The maximum atomic E-state index is 13.8. The number of piperidine rings is 1. The monoisotopic (exact) mass is 281 g/mol. The van der Waals surface area contributed by atoms with Crippen molar-refractivity contribution in [1.29, 1.82) is 0 Å². The van der Waals surface area contributed by atoms with Crippen LogP contribution in [0, 0.1) is 5.92 Å². The van der Waals surface area contributed by atoms with Crippen LogP contribution in [0.3, 0.4) is 0 Å². The zero-order valence-corrected chi connectivity index (χ0v) is 10.8. The molecule has 3 heterocycles. The third-order valence-corrected chi connectivity index (χ3v) is 5.62. The first kappa shape index (κ1) is 12.2. The first-order valence-electron chi connectivity index (χ1n) is 5.80. The smallest absolute Gasteiger partial charge is 0.278 e. The fourth-order valence-corrected chi connectivity index (χ4v) is 4.77. The highest BCUT2D eigenvalue weighted by atomic mass is 35.5. The highest BCUT2D eigenvalue weighted by Gasteiger charge is 2.60. The van der Waals surface area contributed by atoms with E-state index in [1.807, 2.05) is 0 Å². The number of allylic oxidation sites excluding steroid dienone is 1. The molecular weight excluding hydrogens is 268 g/mol. The van der Waals surface area contributed by atoms with Gasteiger partial charge in [-0.15, -0.1) is 11.8 Å². The molecule has 0 bridgehead atoms. The SMILES string of the molecule is FC1(F)COC2(CCNCC2)C2SC(Cl)=CC21. The molecular formula is C11H14ClF2NOS. The molecule has 0 aromatic carbocycles. The summed E-state index contributed by atoms with van der Waals surface area (Å²) in [4.78, 5) is 0. The molecule has 2 saturated heterocycles. The van der Waals surface area contributed by atoms with Crippen LogP contribution in [-0.2, 0) is 4.74 Å². The molecule has 0 radical (unpaired) electrons. The van der Waals surface area contributed by atoms with Crippen molar-refractivity contribution in [2.45, 2.75) is 29.6 Å². The summed E-state index contributed by atoms with van der Waals surface area (Å²) in [5.74, 6) is -3.56. The van der Waals surface area contributed by atoms with E-state index in [0.29, 0.717) is 4.36 Å². The largest absolute Gasteiger partial charge is 0.367 e. The first-order chi connectivity index (χ1) is 8.04. The summed E-state index contributed by atoms with van der Waals surface area (Å²) in [6.07, 6.45) is 3.09. The van der Waals surface area contributed by atoms with Crippen molar-refractivity contribution in [3.8, 4) is 0 Å². The van der Waals surface area contributed by atoms with E-state index in [1.54, 1.807) is 0 Å². The Bertz CT molecular complexity index is 357. The number of hydrogen-bond donors (Lipinski definition) is 1. The van der Waals surface area contributed by atoms with Crippen LogP contribution in [0.4, 0.5) is 8.78 Å². The molecule has 1 N–H and O–H groups in total. The minimum absolute atomic E-state index is 0.235. The minimum Gasteiger partial charge on any atom is -0.367 e. The summed E-state index contributed by atoms with van der Waals surface area (Å²) in [5, 5.41) is 3.01. The number of nitrogens with one attached hydrogen (secondary N) is 1. The van der Waals surface area contributed by atoms with Gasteiger partial charge in [-0.3, -0.25) is 0 Å². The Morgan fingerprint density at radius 1 is 1.41 bits per heavy atom. The Kier molecular flexibility index (Phi) is 2.93. The second-order valence-electron chi connectivity index (χ2n) is 4.90. The van der Waals surface area contributed by atoms with Crippen LogP contribution in [-0.4, -0.2) is 36.5 Å². The zero-order chi connectivity index (χ0) is 12.1. The van der Waals surface area contributed by atoms with Crippen molar-refractivity contribution in [3.05, 3.63) is 10.4 Å². The Balaban J connectivity index is 1.91. The van der Waals surface area contributed by atoms with Crippen LogP contribution in [0.25, 0.3) is 0 Å². The van der Waals surface area contributed by atoms with Crippen LogP contribution < -0.4 is 5.32 Å². The number of halogens is 3. The molecule has 96 valence electrons. The zero-order valence-electron chi connectivity index (χ0n) is 9.22. The number of hydrogen-bond acceptors (Lipinski definition) is 3. The topological polar surface area (TPSA) is 21.3 Å². The van der Waals surface area contributed by atoms with E-state index in [2.05, 4.69) is 5.32 Å². The minimum atomic E-state index is -2.79. The summed E-state index contributed by atoms with van der Waals surface area (Å²) >= 11 is 7.29. The summed E-state index contributed by atoms with van der Waals surface area (Å²) in [5.41, 5.74) is -0.421. The third-order valence-electron chi connectivity index (χ3n) is 3.88. The lowest BCUT2D eigenvalue weighted by Gasteiger charge is -2.49. The molecule has 0 saturated carbocycles. The van der Waals surface area contributed by atoms with Gasteiger partial charge in [0.05, 0.1) is 21.1 Å². The van der Waals surface area contributed by atoms with E-state index in [4.69, 9.17) is 16.3 Å². The molecule has 2 fully saturated rings. The van der Waals surface area contributed by atoms with Crippen LogP contribution in [0.15, 0.2) is 10.4 Å². The molecule has 0 aromatic rings. The second kappa shape index (κ2) is 4.08. The molecule has 1 spiro atoms. The predicted molar refractivity (Wildman–Crippen MR) is 64.5 cm³/mol.